The molecule has 1 saturated carbocycles. The third-order valence-electron chi connectivity index (χ3n) is 5.54. The van der Waals surface area contributed by atoms with Gasteiger partial charge in [0.25, 0.3) is 0 Å². The molecule has 1 aromatic heterocycles. The molecule has 1 amide bonds. The van der Waals surface area contributed by atoms with Crippen molar-refractivity contribution in [3.8, 4) is 0 Å². The Balaban J connectivity index is 1.32. The molecule has 5 nitrogen and oxygen atoms in total. The average molecular weight is 427 g/mol. The highest BCUT2D eigenvalue weighted by molar-refractivity contribution is 7.99. The molecule has 5 rings (SSSR count). The number of hydrogen-bond donors (Lipinski definition) is 2. The molecule has 7 heteroatoms. The normalized spacial score (nSPS) is 22.2. The molecular weight excluding hydrogens is 404 g/mol. The van der Waals surface area contributed by atoms with Crippen LogP contribution in [0.25, 0.3) is 11.0 Å². The van der Waals surface area contributed by atoms with E-state index in [0.717, 1.165) is 53.6 Å². The van der Waals surface area contributed by atoms with Gasteiger partial charge in [-0.05, 0) is 49.1 Å². The number of nitrogens with one attached hydrogen (secondary N) is 2. The number of aromatic amines is 1. The van der Waals surface area contributed by atoms with E-state index in [-0.39, 0.29) is 11.9 Å². The maximum atomic E-state index is 12.9. The first kappa shape index (κ1) is 19.0. The van der Waals surface area contributed by atoms with Crippen molar-refractivity contribution >= 4 is 40.3 Å². The summed E-state index contributed by atoms with van der Waals surface area (Å²) in [4.78, 5) is 23.3. The van der Waals surface area contributed by atoms with E-state index in [1.165, 1.54) is 5.56 Å². The zero-order valence-corrected chi connectivity index (χ0v) is 17.5. The molecule has 2 aliphatic rings. The molecule has 2 heterocycles. The molecule has 2 N–H and O–H groups in total. The Labute approximate surface area is 179 Å². The molecule has 150 valence electrons. The number of benzene rings is 2. The van der Waals surface area contributed by atoms with Crippen LogP contribution >= 0.6 is 23.4 Å². The maximum Gasteiger partial charge on any atom is 0.237 e. The predicted octanol–water partition coefficient (Wildman–Crippen LogP) is 4.23. The van der Waals surface area contributed by atoms with Gasteiger partial charge in [-0.15, -0.1) is 0 Å². The first-order valence-electron chi connectivity index (χ1n) is 10.0. The minimum atomic E-state index is -0.104. The lowest BCUT2D eigenvalue weighted by Crippen LogP contribution is -2.43. The van der Waals surface area contributed by atoms with Crippen LogP contribution in [0.4, 0.5) is 0 Å². The van der Waals surface area contributed by atoms with Crippen LogP contribution in [-0.4, -0.2) is 44.7 Å². The highest BCUT2D eigenvalue weighted by Gasteiger charge is 2.39. The predicted molar refractivity (Wildman–Crippen MR) is 117 cm³/mol. The van der Waals surface area contributed by atoms with Gasteiger partial charge >= 0.3 is 0 Å². The van der Waals surface area contributed by atoms with E-state index in [0.29, 0.717) is 11.3 Å². The van der Waals surface area contributed by atoms with Crippen molar-refractivity contribution in [3.05, 3.63) is 59.1 Å². The average Bonchev–Trinajstić information content (AvgIpc) is 3.29. The lowest BCUT2D eigenvalue weighted by Gasteiger charge is -2.23. The number of thioether (sulfide) groups is 1. The molecule has 2 fully saturated rings. The zero-order valence-electron chi connectivity index (χ0n) is 16.0. The number of carbonyl (C=O) groups is 1. The summed E-state index contributed by atoms with van der Waals surface area (Å²) in [6, 6.07) is 16.2. The molecule has 1 aliphatic carbocycles. The Morgan fingerprint density at radius 3 is 2.76 bits per heavy atom. The van der Waals surface area contributed by atoms with Gasteiger partial charge < -0.3 is 10.3 Å². The molecule has 0 spiro atoms. The Kier molecular flexibility index (Phi) is 5.24. The summed E-state index contributed by atoms with van der Waals surface area (Å²) >= 11 is 7.77. The SMILES string of the molecule is O=C(NC1CC1)[C@@H]1C[C@@H](Sc2nc3ccccc3[nH]2)CN1Cc1ccc(Cl)cc1. The highest BCUT2D eigenvalue weighted by Crippen LogP contribution is 2.34. The maximum absolute atomic E-state index is 12.9. The molecule has 2 aromatic carbocycles. The van der Waals surface area contributed by atoms with Gasteiger partial charge in [0.05, 0.1) is 17.1 Å². The van der Waals surface area contributed by atoms with E-state index in [2.05, 4.69) is 15.2 Å². The van der Waals surface area contributed by atoms with Crippen molar-refractivity contribution in [2.24, 2.45) is 0 Å². The van der Waals surface area contributed by atoms with Gasteiger partial charge in [-0.1, -0.05) is 47.6 Å². The monoisotopic (exact) mass is 426 g/mol. The second-order valence-corrected chi connectivity index (χ2v) is 9.61. The second kappa shape index (κ2) is 8.01. The van der Waals surface area contributed by atoms with Gasteiger partial charge in [0.2, 0.25) is 5.91 Å². The Hall–Kier alpha value is -2.02. The van der Waals surface area contributed by atoms with Crippen molar-refractivity contribution in [1.29, 1.82) is 0 Å². The van der Waals surface area contributed by atoms with Crippen LogP contribution in [0.1, 0.15) is 24.8 Å². The van der Waals surface area contributed by atoms with Crippen molar-refractivity contribution in [3.63, 3.8) is 0 Å². The number of aromatic nitrogens is 2. The number of hydrogen-bond acceptors (Lipinski definition) is 4. The summed E-state index contributed by atoms with van der Waals surface area (Å²) in [5.74, 6) is 0.161. The van der Waals surface area contributed by atoms with Crippen molar-refractivity contribution < 1.29 is 4.79 Å². The lowest BCUT2D eigenvalue weighted by atomic mass is 10.1. The molecular formula is C22H23ClN4OS. The molecule has 0 radical (unpaired) electrons. The number of amides is 1. The van der Waals surface area contributed by atoms with E-state index < -0.39 is 0 Å². The zero-order chi connectivity index (χ0) is 19.8. The highest BCUT2D eigenvalue weighted by atomic mass is 35.5. The number of carbonyl (C=O) groups excluding carboxylic acids is 1. The number of rotatable bonds is 6. The van der Waals surface area contributed by atoms with Crippen LogP contribution in [0.5, 0.6) is 0 Å². The third-order valence-corrected chi connectivity index (χ3v) is 6.88. The molecule has 29 heavy (non-hydrogen) atoms. The minimum Gasteiger partial charge on any atom is -0.352 e. The van der Waals surface area contributed by atoms with Crippen molar-refractivity contribution in [2.45, 2.75) is 48.3 Å². The van der Waals surface area contributed by atoms with Gasteiger partial charge in [0.1, 0.15) is 0 Å². The fraction of sp³-hybridized carbons (Fsp3) is 0.364. The van der Waals surface area contributed by atoms with Crippen LogP contribution in [0.15, 0.2) is 53.7 Å². The van der Waals surface area contributed by atoms with Crippen LogP contribution in [0.2, 0.25) is 5.02 Å². The summed E-state index contributed by atoms with van der Waals surface area (Å²) in [5, 5.41) is 5.16. The Bertz CT molecular complexity index is 984. The number of fused-ring (bicyclic) bond motifs is 1. The molecule has 2 atom stereocenters. The quantitative estimate of drug-likeness (QED) is 0.619. The number of H-pyrrole nitrogens is 1. The molecule has 1 saturated heterocycles. The number of nitrogens with zero attached hydrogens (tertiary/aromatic N) is 2. The number of imidazole rings is 1. The summed E-state index contributed by atoms with van der Waals surface area (Å²) in [5.41, 5.74) is 3.20. The minimum absolute atomic E-state index is 0.104. The van der Waals surface area contributed by atoms with Gasteiger partial charge in [-0.25, -0.2) is 4.98 Å². The Morgan fingerprint density at radius 1 is 1.21 bits per heavy atom. The van der Waals surface area contributed by atoms with E-state index >= 15 is 0 Å². The number of likely N-dealkylation sites (tertiary alicyclic amines) is 1. The molecule has 0 bridgehead atoms. The van der Waals surface area contributed by atoms with Crippen molar-refractivity contribution in [1.82, 2.24) is 20.2 Å². The van der Waals surface area contributed by atoms with E-state index in [4.69, 9.17) is 16.6 Å². The summed E-state index contributed by atoms with van der Waals surface area (Å²) in [6.45, 7) is 1.60. The second-order valence-electron chi connectivity index (χ2n) is 7.89. The van der Waals surface area contributed by atoms with Gasteiger partial charge in [-0.2, -0.15) is 0 Å². The Morgan fingerprint density at radius 2 is 2.00 bits per heavy atom. The van der Waals surface area contributed by atoms with Crippen LogP contribution in [0.3, 0.4) is 0 Å². The summed E-state index contributed by atoms with van der Waals surface area (Å²) in [6.07, 6.45) is 3.04. The largest absolute Gasteiger partial charge is 0.352 e. The summed E-state index contributed by atoms with van der Waals surface area (Å²) in [7, 11) is 0. The number of halogens is 1. The summed E-state index contributed by atoms with van der Waals surface area (Å²) < 4.78 is 0. The van der Waals surface area contributed by atoms with Gasteiger partial charge in [-0.3, -0.25) is 9.69 Å². The molecule has 0 unspecified atom stereocenters. The first-order valence-corrected chi connectivity index (χ1v) is 11.3. The van der Waals surface area contributed by atoms with Crippen LogP contribution < -0.4 is 5.32 Å². The van der Waals surface area contributed by atoms with E-state index in [9.17, 15) is 4.79 Å². The van der Waals surface area contributed by atoms with Gasteiger partial charge in [0.15, 0.2) is 5.16 Å². The van der Waals surface area contributed by atoms with Crippen LogP contribution in [-0.2, 0) is 11.3 Å². The fourth-order valence-corrected chi connectivity index (χ4v) is 5.19. The molecule has 3 aromatic rings. The van der Waals surface area contributed by atoms with Crippen molar-refractivity contribution in [2.75, 3.05) is 6.54 Å². The fourth-order valence-electron chi connectivity index (χ4n) is 3.89. The lowest BCUT2D eigenvalue weighted by molar-refractivity contribution is -0.125. The first-order chi connectivity index (χ1) is 14.1. The standard InChI is InChI=1S/C22H23ClN4OS/c23-15-7-5-14(6-8-15)12-27-13-17(11-20(27)21(28)24-16-9-10-16)29-22-25-18-3-1-2-4-19(18)26-22/h1-8,16-17,20H,9-13H2,(H,24,28)(H,25,26)/t17-,20+/m1/s1. The van der Waals surface area contributed by atoms with Crippen LogP contribution in [0, 0.1) is 0 Å². The number of para-hydroxylation sites is 2. The smallest absolute Gasteiger partial charge is 0.237 e. The topological polar surface area (TPSA) is 61.0 Å². The molecule has 1 aliphatic heterocycles. The van der Waals surface area contributed by atoms with E-state index in [1.54, 1.807) is 11.8 Å². The van der Waals surface area contributed by atoms with E-state index in [1.807, 2.05) is 48.5 Å². The third kappa shape index (κ3) is 4.44. The van der Waals surface area contributed by atoms with Gasteiger partial charge in [0, 0.05) is 29.4 Å².